The molecule has 3 nitrogen and oxygen atoms in total. The minimum absolute atomic E-state index is 0.00494. The summed E-state index contributed by atoms with van der Waals surface area (Å²) >= 11 is 1.61. The number of nitrogens with one attached hydrogen (secondary N) is 1. The van der Waals surface area contributed by atoms with Gasteiger partial charge >= 0.3 is 0 Å². The third-order valence-electron chi connectivity index (χ3n) is 3.25. The topological polar surface area (TPSA) is 38.3 Å². The van der Waals surface area contributed by atoms with Gasteiger partial charge in [0.25, 0.3) is 0 Å². The minimum atomic E-state index is -0.00494. The Hall–Kier alpha value is -1.94. The van der Waals surface area contributed by atoms with E-state index in [4.69, 9.17) is 4.74 Å². The van der Waals surface area contributed by atoms with Gasteiger partial charge in [-0.05, 0) is 31.0 Å². The fraction of sp³-hybridized carbons (Fsp3) is 0.316. The first-order valence-electron chi connectivity index (χ1n) is 7.84. The quantitative estimate of drug-likeness (QED) is 0.766. The van der Waals surface area contributed by atoms with E-state index in [1.54, 1.807) is 11.8 Å². The number of rotatable bonds is 8. The highest BCUT2D eigenvalue weighted by Crippen LogP contribution is 2.24. The molecule has 2 aromatic rings. The number of carbonyl (C=O) groups is 1. The van der Waals surface area contributed by atoms with Crippen LogP contribution >= 0.6 is 11.8 Å². The Morgan fingerprint density at radius 3 is 2.61 bits per heavy atom. The molecule has 0 unspecified atom stereocenters. The average molecular weight is 329 g/mol. The number of carbonyl (C=O) groups excluding carboxylic acids is 1. The number of aryl methyl sites for hydroxylation is 1. The predicted molar refractivity (Wildman–Crippen MR) is 98.2 cm³/mol. The average Bonchev–Trinajstić information content (AvgIpc) is 2.56. The van der Waals surface area contributed by atoms with Crippen molar-refractivity contribution in [1.29, 1.82) is 0 Å². The molecule has 0 spiro atoms. The van der Waals surface area contributed by atoms with E-state index in [-0.39, 0.29) is 5.91 Å². The maximum absolute atomic E-state index is 12.1. The molecule has 0 aromatic heterocycles. The van der Waals surface area contributed by atoms with E-state index in [1.165, 1.54) is 11.1 Å². The van der Waals surface area contributed by atoms with Crippen molar-refractivity contribution in [2.75, 3.05) is 17.7 Å². The SMILES string of the molecule is CCCOc1ccccc1NC(=O)CSCc1ccc(C)cc1. The van der Waals surface area contributed by atoms with E-state index >= 15 is 0 Å². The lowest BCUT2D eigenvalue weighted by Crippen LogP contribution is -2.15. The molecule has 23 heavy (non-hydrogen) atoms. The summed E-state index contributed by atoms with van der Waals surface area (Å²) in [7, 11) is 0. The zero-order valence-electron chi connectivity index (χ0n) is 13.7. The Kier molecular flexibility index (Phi) is 7.01. The molecule has 0 bridgehead atoms. The highest BCUT2D eigenvalue weighted by molar-refractivity contribution is 7.99. The lowest BCUT2D eigenvalue weighted by Gasteiger charge is -2.11. The summed E-state index contributed by atoms with van der Waals surface area (Å²) in [4.78, 5) is 12.1. The lowest BCUT2D eigenvalue weighted by molar-refractivity contribution is -0.113. The fourth-order valence-electron chi connectivity index (χ4n) is 2.04. The predicted octanol–water partition coefficient (Wildman–Crippen LogP) is 4.66. The largest absolute Gasteiger partial charge is 0.491 e. The lowest BCUT2D eigenvalue weighted by atomic mass is 10.2. The summed E-state index contributed by atoms with van der Waals surface area (Å²) in [5.74, 6) is 1.98. The van der Waals surface area contributed by atoms with E-state index in [0.717, 1.165) is 23.6 Å². The van der Waals surface area contributed by atoms with Crippen molar-refractivity contribution in [2.45, 2.75) is 26.0 Å². The second-order valence-electron chi connectivity index (χ2n) is 5.37. The summed E-state index contributed by atoms with van der Waals surface area (Å²) in [5.41, 5.74) is 3.22. The van der Waals surface area contributed by atoms with E-state index in [0.29, 0.717) is 12.4 Å². The smallest absolute Gasteiger partial charge is 0.234 e. The number of anilines is 1. The van der Waals surface area contributed by atoms with Crippen LogP contribution in [0.25, 0.3) is 0 Å². The summed E-state index contributed by atoms with van der Waals surface area (Å²) in [6.45, 7) is 4.78. The van der Waals surface area contributed by atoms with Crippen LogP contribution in [0.5, 0.6) is 5.75 Å². The van der Waals surface area contributed by atoms with Gasteiger partial charge in [0.15, 0.2) is 0 Å². The molecule has 0 saturated heterocycles. The molecule has 1 N–H and O–H groups in total. The highest BCUT2D eigenvalue weighted by atomic mass is 32.2. The summed E-state index contributed by atoms with van der Waals surface area (Å²) in [5, 5.41) is 2.93. The van der Waals surface area contributed by atoms with Gasteiger partial charge in [-0.1, -0.05) is 48.9 Å². The molecule has 0 radical (unpaired) electrons. The molecule has 0 atom stereocenters. The van der Waals surface area contributed by atoms with Gasteiger partial charge in [-0.2, -0.15) is 0 Å². The van der Waals surface area contributed by atoms with Crippen LogP contribution in [0, 0.1) is 6.92 Å². The number of amides is 1. The first-order valence-corrected chi connectivity index (χ1v) is 8.99. The van der Waals surface area contributed by atoms with Crippen molar-refractivity contribution in [3.8, 4) is 5.75 Å². The van der Waals surface area contributed by atoms with Crippen molar-refractivity contribution in [3.63, 3.8) is 0 Å². The van der Waals surface area contributed by atoms with Gasteiger partial charge in [0.1, 0.15) is 5.75 Å². The van der Waals surface area contributed by atoms with Crippen molar-refractivity contribution >= 4 is 23.4 Å². The number of benzene rings is 2. The van der Waals surface area contributed by atoms with E-state index in [9.17, 15) is 4.79 Å². The van der Waals surface area contributed by atoms with Gasteiger partial charge in [0, 0.05) is 5.75 Å². The van der Waals surface area contributed by atoms with Gasteiger partial charge in [-0.3, -0.25) is 4.79 Å². The van der Waals surface area contributed by atoms with Crippen LogP contribution in [0.15, 0.2) is 48.5 Å². The number of ether oxygens (including phenoxy) is 1. The van der Waals surface area contributed by atoms with Crippen LogP contribution in [0.3, 0.4) is 0 Å². The summed E-state index contributed by atoms with van der Waals surface area (Å²) in [6, 6.07) is 16.0. The number of thioether (sulfide) groups is 1. The van der Waals surface area contributed by atoms with Gasteiger partial charge < -0.3 is 10.1 Å². The van der Waals surface area contributed by atoms with Gasteiger partial charge in [-0.15, -0.1) is 11.8 Å². The molecule has 0 fully saturated rings. The van der Waals surface area contributed by atoms with Crippen LogP contribution < -0.4 is 10.1 Å². The third kappa shape index (κ3) is 5.99. The van der Waals surface area contributed by atoms with Gasteiger partial charge in [0.05, 0.1) is 18.0 Å². The van der Waals surface area contributed by atoms with Crippen molar-refractivity contribution < 1.29 is 9.53 Å². The van der Waals surface area contributed by atoms with Crippen LogP contribution in [-0.4, -0.2) is 18.3 Å². The first-order chi connectivity index (χ1) is 11.2. The molecular weight excluding hydrogens is 306 g/mol. The number of para-hydroxylation sites is 2. The van der Waals surface area contributed by atoms with E-state index in [2.05, 4.69) is 43.4 Å². The molecule has 4 heteroatoms. The Labute approximate surface area is 142 Å². The Bertz CT molecular complexity index is 626. The molecule has 2 rings (SSSR count). The molecule has 2 aromatic carbocycles. The van der Waals surface area contributed by atoms with Crippen LogP contribution in [0.4, 0.5) is 5.69 Å². The van der Waals surface area contributed by atoms with Crippen molar-refractivity contribution in [1.82, 2.24) is 0 Å². The molecule has 1 amide bonds. The van der Waals surface area contributed by atoms with Crippen molar-refractivity contribution in [2.24, 2.45) is 0 Å². The summed E-state index contributed by atoms with van der Waals surface area (Å²) < 4.78 is 5.65. The second-order valence-corrected chi connectivity index (χ2v) is 6.36. The second kappa shape index (κ2) is 9.26. The Morgan fingerprint density at radius 2 is 1.87 bits per heavy atom. The van der Waals surface area contributed by atoms with Crippen molar-refractivity contribution in [3.05, 3.63) is 59.7 Å². The standard InChI is InChI=1S/C19H23NO2S/c1-3-12-22-18-7-5-4-6-17(18)20-19(21)14-23-13-16-10-8-15(2)9-11-16/h4-11H,3,12-14H2,1-2H3,(H,20,21). The third-order valence-corrected chi connectivity index (χ3v) is 4.25. The zero-order chi connectivity index (χ0) is 16.5. The highest BCUT2D eigenvalue weighted by Gasteiger charge is 2.07. The maximum Gasteiger partial charge on any atom is 0.234 e. The summed E-state index contributed by atoms with van der Waals surface area (Å²) in [6.07, 6.45) is 0.939. The molecular formula is C19H23NO2S. The molecule has 122 valence electrons. The van der Waals surface area contributed by atoms with E-state index in [1.807, 2.05) is 24.3 Å². The number of hydrogen-bond donors (Lipinski definition) is 1. The molecule has 0 aliphatic carbocycles. The molecule has 0 heterocycles. The van der Waals surface area contributed by atoms with Crippen LogP contribution in [0.1, 0.15) is 24.5 Å². The zero-order valence-corrected chi connectivity index (χ0v) is 14.5. The van der Waals surface area contributed by atoms with Crippen LogP contribution in [-0.2, 0) is 10.5 Å². The fourth-order valence-corrected chi connectivity index (χ4v) is 2.83. The Balaban J connectivity index is 1.81. The Morgan fingerprint density at radius 1 is 1.13 bits per heavy atom. The monoisotopic (exact) mass is 329 g/mol. The molecule has 0 aliphatic heterocycles. The van der Waals surface area contributed by atoms with Crippen LogP contribution in [0.2, 0.25) is 0 Å². The number of hydrogen-bond acceptors (Lipinski definition) is 3. The maximum atomic E-state index is 12.1. The normalized spacial score (nSPS) is 10.3. The van der Waals surface area contributed by atoms with E-state index < -0.39 is 0 Å². The van der Waals surface area contributed by atoms with Gasteiger partial charge in [-0.25, -0.2) is 0 Å². The minimum Gasteiger partial charge on any atom is -0.491 e. The van der Waals surface area contributed by atoms with Gasteiger partial charge in [0.2, 0.25) is 5.91 Å². The molecule has 0 aliphatic rings. The molecule has 0 saturated carbocycles. The first kappa shape index (κ1) is 17.4.